The molecule has 0 aromatic heterocycles. The Hall–Kier alpha value is -1.57. The summed E-state index contributed by atoms with van der Waals surface area (Å²) in [6, 6.07) is 0.881. The number of hydrogen-bond acceptors (Lipinski definition) is 3. The first-order chi connectivity index (χ1) is 9.93. The number of hydrogen-bond donors (Lipinski definition) is 1. The molecular formula is C13H13BrF2N2O3. The molecule has 0 radical (unpaired) electrons. The molecule has 114 valence electrons. The summed E-state index contributed by atoms with van der Waals surface area (Å²) >= 11 is 3.35. The fraction of sp³-hybridized carbons (Fsp3) is 0.462. The van der Waals surface area contributed by atoms with Gasteiger partial charge in [-0.25, -0.2) is 8.78 Å². The first-order valence-corrected chi connectivity index (χ1v) is 7.56. The van der Waals surface area contributed by atoms with Crippen molar-refractivity contribution in [2.24, 2.45) is 5.92 Å². The van der Waals surface area contributed by atoms with E-state index in [1.54, 1.807) is 0 Å². The third-order valence-electron chi connectivity index (χ3n) is 3.65. The summed E-state index contributed by atoms with van der Waals surface area (Å²) in [5.41, 5.74) is -1.20. The van der Waals surface area contributed by atoms with Crippen molar-refractivity contribution in [2.75, 3.05) is 5.33 Å². The number of benzene rings is 1. The van der Waals surface area contributed by atoms with E-state index in [0.717, 1.165) is 19.3 Å². The lowest BCUT2D eigenvalue weighted by molar-refractivity contribution is -0.385. The smallest absolute Gasteiger partial charge is 0.285 e. The predicted octanol–water partition coefficient (Wildman–Crippen LogP) is 3.17. The van der Waals surface area contributed by atoms with Gasteiger partial charge in [-0.1, -0.05) is 22.4 Å². The second-order valence-electron chi connectivity index (χ2n) is 4.97. The van der Waals surface area contributed by atoms with Gasteiger partial charge in [-0.3, -0.25) is 14.9 Å². The van der Waals surface area contributed by atoms with Gasteiger partial charge in [-0.05, 0) is 24.8 Å². The third-order valence-corrected chi connectivity index (χ3v) is 4.49. The van der Waals surface area contributed by atoms with Gasteiger partial charge in [0.2, 0.25) is 0 Å². The van der Waals surface area contributed by atoms with Gasteiger partial charge >= 0.3 is 0 Å². The van der Waals surface area contributed by atoms with E-state index in [0.29, 0.717) is 17.5 Å². The molecule has 1 N–H and O–H groups in total. The van der Waals surface area contributed by atoms with Gasteiger partial charge in [0, 0.05) is 11.4 Å². The average molecular weight is 363 g/mol. The lowest BCUT2D eigenvalue weighted by Crippen LogP contribution is -2.38. The maximum Gasteiger partial charge on any atom is 0.285 e. The molecular weight excluding hydrogens is 350 g/mol. The lowest BCUT2D eigenvalue weighted by Gasteiger charge is -2.19. The average Bonchev–Trinajstić information content (AvgIpc) is 2.88. The van der Waals surface area contributed by atoms with Crippen LogP contribution in [0.1, 0.15) is 29.6 Å². The monoisotopic (exact) mass is 362 g/mol. The standard InChI is InChI=1S/C13H13BrF2N2O3/c14-6-7-2-1-3-11(7)17-13(19)8-4-9(15)10(16)5-12(8)18(20)21/h4-5,7,11H,1-3,6H2,(H,17,19). The number of nitrogens with zero attached hydrogens (tertiary/aromatic N) is 1. The molecule has 21 heavy (non-hydrogen) atoms. The molecule has 2 unspecified atom stereocenters. The third kappa shape index (κ3) is 3.37. The zero-order valence-corrected chi connectivity index (χ0v) is 12.5. The van der Waals surface area contributed by atoms with Crippen LogP contribution < -0.4 is 5.32 Å². The molecule has 8 heteroatoms. The van der Waals surface area contributed by atoms with Crippen LogP contribution in [0.15, 0.2) is 12.1 Å². The van der Waals surface area contributed by atoms with Gasteiger partial charge in [0.15, 0.2) is 11.6 Å². The first kappa shape index (κ1) is 15.8. The minimum atomic E-state index is -1.35. The van der Waals surface area contributed by atoms with Crippen LogP contribution in [0.2, 0.25) is 0 Å². The van der Waals surface area contributed by atoms with Crippen LogP contribution in [-0.2, 0) is 0 Å². The van der Waals surface area contributed by atoms with E-state index in [1.807, 2.05) is 0 Å². The summed E-state index contributed by atoms with van der Waals surface area (Å²) in [5, 5.41) is 14.3. The highest BCUT2D eigenvalue weighted by Gasteiger charge is 2.30. The van der Waals surface area contributed by atoms with Crippen LogP contribution in [0.3, 0.4) is 0 Å². The summed E-state index contributed by atoms with van der Waals surface area (Å²) in [4.78, 5) is 22.1. The predicted molar refractivity (Wildman–Crippen MR) is 75.4 cm³/mol. The molecule has 1 aromatic rings. The van der Waals surface area contributed by atoms with Crippen LogP contribution in [-0.4, -0.2) is 22.2 Å². The number of alkyl halides is 1. The number of carbonyl (C=O) groups excluding carboxylic acids is 1. The molecule has 1 aliphatic carbocycles. The van der Waals surface area contributed by atoms with Crippen molar-refractivity contribution in [2.45, 2.75) is 25.3 Å². The van der Waals surface area contributed by atoms with Crippen LogP contribution in [0, 0.1) is 27.7 Å². The Morgan fingerprint density at radius 2 is 2.05 bits per heavy atom. The summed E-state index contributed by atoms with van der Waals surface area (Å²) < 4.78 is 26.3. The molecule has 0 aliphatic heterocycles. The quantitative estimate of drug-likeness (QED) is 0.507. The van der Waals surface area contributed by atoms with Gasteiger partial charge in [0.25, 0.3) is 11.6 Å². The molecule has 1 fully saturated rings. The number of halogens is 3. The van der Waals surface area contributed by atoms with Crippen LogP contribution >= 0.6 is 15.9 Å². The zero-order chi connectivity index (χ0) is 15.6. The molecule has 0 bridgehead atoms. The first-order valence-electron chi connectivity index (χ1n) is 6.44. The Kier molecular flexibility index (Phi) is 4.87. The zero-order valence-electron chi connectivity index (χ0n) is 10.9. The number of amides is 1. The van der Waals surface area contributed by atoms with Gasteiger partial charge in [0.1, 0.15) is 5.56 Å². The minimum Gasteiger partial charge on any atom is -0.349 e. The van der Waals surface area contributed by atoms with Crippen molar-refractivity contribution >= 4 is 27.5 Å². The summed E-state index contributed by atoms with van der Waals surface area (Å²) in [5.74, 6) is -3.15. The van der Waals surface area contributed by atoms with E-state index >= 15 is 0 Å². The molecule has 1 aliphatic rings. The SMILES string of the molecule is O=C(NC1CCCC1CBr)c1cc(F)c(F)cc1[N+](=O)[O-]. The van der Waals surface area contributed by atoms with E-state index < -0.39 is 33.7 Å². The highest BCUT2D eigenvalue weighted by atomic mass is 79.9. The van der Waals surface area contributed by atoms with Crippen LogP contribution in [0.5, 0.6) is 0 Å². The summed E-state index contributed by atoms with van der Waals surface area (Å²) in [6.45, 7) is 0. The van der Waals surface area contributed by atoms with Crippen LogP contribution in [0.4, 0.5) is 14.5 Å². The Bertz CT molecular complexity index is 583. The molecule has 1 aromatic carbocycles. The van der Waals surface area contributed by atoms with Crippen molar-refractivity contribution in [3.8, 4) is 0 Å². The second-order valence-corrected chi connectivity index (χ2v) is 5.61. The molecule has 2 rings (SSSR count). The van der Waals surface area contributed by atoms with Crippen molar-refractivity contribution < 1.29 is 18.5 Å². The highest BCUT2D eigenvalue weighted by molar-refractivity contribution is 9.09. The van der Waals surface area contributed by atoms with Gasteiger partial charge in [-0.2, -0.15) is 0 Å². The molecule has 5 nitrogen and oxygen atoms in total. The van der Waals surface area contributed by atoms with Crippen molar-refractivity contribution in [1.82, 2.24) is 5.32 Å². The normalized spacial score (nSPS) is 21.3. The Balaban J connectivity index is 2.26. The number of nitrogens with one attached hydrogen (secondary N) is 1. The molecule has 1 amide bonds. The summed E-state index contributed by atoms with van der Waals surface area (Å²) in [6.07, 6.45) is 2.65. The Labute approximate surface area is 128 Å². The van der Waals surface area contributed by atoms with E-state index in [4.69, 9.17) is 0 Å². The van der Waals surface area contributed by atoms with Gasteiger partial charge in [0.05, 0.1) is 11.0 Å². The second kappa shape index (κ2) is 6.46. The maximum absolute atomic E-state index is 13.3. The fourth-order valence-corrected chi connectivity index (χ4v) is 3.30. The molecule has 0 saturated heterocycles. The lowest BCUT2D eigenvalue weighted by atomic mass is 10.1. The summed E-state index contributed by atoms with van der Waals surface area (Å²) in [7, 11) is 0. The largest absolute Gasteiger partial charge is 0.349 e. The van der Waals surface area contributed by atoms with Crippen molar-refractivity contribution in [1.29, 1.82) is 0 Å². The molecule has 1 saturated carbocycles. The van der Waals surface area contributed by atoms with E-state index in [1.165, 1.54) is 0 Å². The van der Waals surface area contributed by atoms with E-state index in [9.17, 15) is 23.7 Å². The molecule has 2 atom stereocenters. The molecule has 0 spiro atoms. The number of nitro groups is 1. The highest BCUT2D eigenvalue weighted by Crippen LogP contribution is 2.28. The Morgan fingerprint density at radius 1 is 1.38 bits per heavy atom. The topological polar surface area (TPSA) is 72.2 Å². The van der Waals surface area contributed by atoms with Crippen LogP contribution in [0.25, 0.3) is 0 Å². The number of carbonyl (C=O) groups is 1. The number of rotatable bonds is 4. The van der Waals surface area contributed by atoms with E-state index in [-0.39, 0.29) is 12.0 Å². The minimum absolute atomic E-state index is 0.121. The van der Waals surface area contributed by atoms with E-state index in [2.05, 4.69) is 21.2 Å². The van der Waals surface area contributed by atoms with Gasteiger partial charge in [-0.15, -0.1) is 0 Å². The Morgan fingerprint density at radius 3 is 2.67 bits per heavy atom. The maximum atomic E-state index is 13.3. The van der Waals surface area contributed by atoms with Crippen molar-refractivity contribution in [3.05, 3.63) is 39.4 Å². The number of nitro benzene ring substituents is 1. The molecule has 0 heterocycles. The van der Waals surface area contributed by atoms with Gasteiger partial charge < -0.3 is 5.32 Å². The van der Waals surface area contributed by atoms with Crippen molar-refractivity contribution in [3.63, 3.8) is 0 Å². The fourth-order valence-electron chi connectivity index (χ4n) is 2.53.